The van der Waals surface area contributed by atoms with Crippen LogP contribution in [-0.4, -0.2) is 11.2 Å². The minimum absolute atomic E-state index is 0.0340. The summed E-state index contributed by atoms with van der Waals surface area (Å²) >= 11 is 0. The summed E-state index contributed by atoms with van der Waals surface area (Å²) in [5.74, 6) is 0. The molecule has 0 saturated carbocycles. The van der Waals surface area contributed by atoms with E-state index < -0.39 is 0 Å². The number of fused-ring (bicyclic) bond motifs is 1. The van der Waals surface area contributed by atoms with E-state index in [1.165, 1.54) is 0 Å². The summed E-state index contributed by atoms with van der Waals surface area (Å²) in [4.78, 5) is 8.88. The van der Waals surface area contributed by atoms with Gasteiger partial charge in [-0.25, -0.2) is 0 Å². The van der Waals surface area contributed by atoms with Crippen molar-refractivity contribution in [3.05, 3.63) is 30.1 Å². The SMILES string of the molecule is CC(C)(C)C1(C)C=Cc2ncccc2N=C1. The Hall–Kier alpha value is -1.44. The van der Waals surface area contributed by atoms with Crippen molar-refractivity contribution in [2.24, 2.45) is 15.8 Å². The van der Waals surface area contributed by atoms with Crippen molar-refractivity contribution in [2.75, 3.05) is 0 Å². The molecule has 84 valence electrons. The van der Waals surface area contributed by atoms with Crippen molar-refractivity contribution in [3.63, 3.8) is 0 Å². The van der Waals surface area contributed by atoms with Gasteiger partial charge in [0.05, 0.1) is 11.4 Å². The Balaban J connectivity index is 2.49. The van der Waals surface area contributed by atoms with Crippen LogP contribution in [0.15, 0.2) is 29.4 Å². The molecule has 1 aromatic heterocycles. The lowest BCUT2D eigenvalue weighted by Crippen LogP contribution is -2.31. The molecule has 0 fully saturated rings. The third-order valence-electron chi connectivity index (χ3n) is 3.49. The number of nitrogens with zero attached hydrogens (tertiary/aromatic N) is 2. The second kappa shape index (κ2) is 3.55. The highest BCUT2D eigenvalue weighted by atomic mass is 14.8. The molecule has 0 N–H and O–H groups in total. The molecule has 0 spiro atoms. The van der Waals surface area contributed by atoms with E-state index in [9.17, 15) is 0 Å². The largest absolute Gasteiger partial charge is 0.258 e. The second-order valence-electron chi connectivity index (χ2n) is 5.53. The van der Waals surface area contributed by atoms with E-state index in [0.717, 1.165) is 11.4 Å². The van der Waals surface area contributed by atoms with E-state index in [0.29, 0.717) is 0 Å². The molecule has 0 aromatic carbocycles. The maximum Gasteiger partial charge on any atom is 0.0883 e. The number of pyridine rings is 1. The fourth-order valence-electron chi connectivity index (χ4n) is 1.59. The van der Waals surface area contributed by atoms with Gasteiger partial charge in [-0.05, 0) is 23.6 Å². The summed E-state index contributed by atoms with van der Waals surface area (Å²) in [6.07, 6.45) is 8.12. The van der Waals surface area contributed by atoms with Crippen molar-refractivity contribution in [2.45, 2.75) is 27.7 Å². The summed E-state index contributed by atoms with van der Waals surface area (Å²) in [6, 6.07) is 3.92. The first-order chi connectivity index (χ1) is 7.42. The molecule has 0 saturated heterocycles. The maximum absolute atomic E-state index is 4.56. The Labute approximate surface area is 97.1 Å². The minimum Gasteiger partial charge on any atom is -0.258 e. The lowest BCUT2D eigenvalue weighted by molar-refractivity contribution is 0.258. The van der Waals surface area contributed by atoms with Crippen LogP contribution in [0.2, 0.25) is 0 Å². The van der Waals surface area contributed by atoms with Gasteiger partial charge in [-0.1, -0.05) is 33.8 Å². The Morgan fingerprint density at radius 3 is 2.69 bits per heavy atom. The maximum atomic E-state index is 4.56. The molecular formula is C14H18N2. The van der Waals surface area contributed by atoms with Crippen molar-refractivity contribution < 1.29 is 0 Å². The predicted octanol–water partition coefficient (Wildman–Crippen LogP) is 3.86. The molecule has 0 radical (unpaired) electrons. The van der Waals surface area contributed by atoms with Crippen LogP contribution in [0.5, 0.6) is 0 Å². The van der Waals surface area contributed by atoms with E-state index in [1.54, 1.807) is 6.20 Å². The third-order valence-corrected chi connectivity index (χ3v) is 3.49. The van der Waals surface area contributed by atoms with Gasteiger partial charge >= 0.3 is 0 Å². The zero-order valence-corrected chi connectivity index (χ0v) is 10.4. The molecule has 16 heavy (non-hydrogen) atoms. The van der Waals surface area contributed by atoms with Gasteiger partial charge in [-0.15, -0.1) is 0 Å². The highest BCUT2D eigenvalue weighted by Gasteiger charge is 2.34. The Morgan fingerprint density at radius 2 is 2.00 bits per heavy atom. The van der Waals surface area contributed by atoms with Gasteiger partial charge in [0, 0.05) is 17.8 Å². The molecule has 2 heterocycles. The number of hydrogen-bond acceptors (Lipinski definition) is 2. The van der Waals surface area contributed by atoms with E-state index in [4.69, 9.17) is 0 Å². The van der Waals surface area contributed by atoms with Crippen LogP contribution in [-0.2, 0) is 0 Å². The minimum atomic E-state index is -0.0340. The average molecular weight is 214 g/mol. The van der Waals surface area contributed by atoms with Crippen molar-refractivity contribution in [1.29, 1.82) is 0 Å². The van der Waals surface area contributed by atoms with Crippen LogP contribution in [0.3, 0.4) is 0 Å². The Morgan fingerprint density at radius 1 is 1.25 bits per heavy atom. The number of rotatable bonds is 0. The van der Waals surface area contributed by atoms with Crippen LogP contribution in [0.25, 0.3) is 6.08 Å². The predicted molar refractivity (Wildman–Crippen MR) is 69.0 cm³/mol. The van der Waals surface area contributed by atoms with Gasteiger partial charge in [0.15, 0.2) is 0 Å². The molecule has 0 bridgehead atoms. The first kappa shape index (κ1) is 11.1. The summed E-state index contributed by atoms with van der Waals surface area (Å²) in [5, 5.41) is 0. The number of aliphatic imine (C=N–C) groups is 1. The van der Waals surface area contributed by atoms with Crippen molar-refractivity contribution >= 4 is 18.0 Å². The number of hydrogen-bond donors (Lipinski definition) is 0. The number of aromatic nitrogens is 1. The van der Waals surface area contributed by atoms with Crippen LogP contribution in [0.1, 0.15) is 33.4 Å². The van der Waals surface area contributed by atoms with E-state index in [-0.39, 0.29) is 10.8 Å². The molecule has 0 aliphatic carbocycles. The Kier molecular flexibility index (Phi) is 2.45. The van der Waals surface area contributed by atoms with Crippen LogP contribution >= 0.6 is 0 Å². The zero-order valence-electron chi connectivity index (χ0n) is 10.4. The first-order valence-electron chi connectivity index (χ1n) is 5.62. The normalized spacial score (nSPS) is 24.0. The molecule has 1 aromatic rings. The zero-order chi connectivity index (χ0) is 11.8. The fraction of sp³-hybridized carbons (Fsp3) is 0.429. The molecule has 2 rings (SSSR count). The lowest BCUT2D eigenvalue weighted by atomic mass is 9.68. The van der Waals surface area contributed by atoms with Crippen LogP contribution in [0.4, 0.5) is 5.69 Å². The smallest absolute Gasteiger partial charge is 0.0883 e. The summed E-state index contributed by atoms with van der Waals surface area (Å²) in [5.41, 5.74) is 2.02. The quantitative estimate of drug-likeness (QED) is 0.643. The van der Waals surface area contributed by atoms with Crippen molar-refractivity contribution in [1.82, 2.24) is 4.98 Å². The second-order valence-corrected chi connectivity index (χ2v) is 5.53. The molecule has 0 amide bonds. The topological polar surface area (TPSA) is 25.2 Å². The van der Waals surface area contributed by atoms with Gasteiger partial charge < -0.3 is 0 Å². The van der Waals surface area contributed by atoms with E-state index in [1.807, 2.05) is 18.3 Å². The van der Waals surface area contributed by atoms with Gasteiger partial charge in [0.25, 0.3) is 0 Å². The highest BCUT2D eigenvalue weighted by molar-refractivity contribution is 5.79. The van der Waals surface area contributed by atoms with E-state index >= 15 is 0 Å². The summed E-state index contributed by atoms with van der Waals surface area (Å²) in [6.45, 7) is 8.89. The molecule has 1 aliphatic rings. The number of allylic oxidation sites excluding steroid dienone is 1. The first-order valence-corrected chi connectivity index (χ1v) is 5.62. The monoisotopic (exact) mass is 214 g/mol. The molecule has 2 nitrogen and oxygen atoms in total. The molecule has 1 unspecified atom stereocenters. The van der Waals surface area contributed by atoms with Crippen LogP contribution in [0, 0.1) is 10.8 Å². The summed E-state index contributed by atoms with van der Waals surface area (Å²) in [7, 11) is 0. The third kappa shape index (κ3) is 1.80. The average Bonchev–Trinajstić information content (AvgIpc) is 2.39. The standard InChI is InChI=1S/C14H18N2/c1-13(2,3)14(4)8-7-12-11(16-10-14)6-5-9-15-12/h5-10H,1-4H3. The van der Waals surface area contributed by atoms with Crippen molar-refractivity contribution in [3.8, 4) is 0 Å². The van der Waals surface area contributed by atoms with Crippen LogP contribution < -0.4 is 0 Å². The molecule has 1 atom stereocenters. The van der Waals surface area contributed by atoms with Gasteiger partial charge in [-0.2, -0.15) is 0 Å². The fourth-order valence-corrected chi connectivity index (χ4v) is 1.59. The Bertz CT molecular complexity index is 417. The van der Waals surface area contributed by atoms with Gasteiger partial charge in [0.1, 0.15) is 0 Å². The molecule has 1 aliphatic heterocycles. The van der Waals surface area contributed by atoms with E-state index in [2.05, 4.69) is 49.8 Å². The molecule has 2 heteroatoms. The highest BCUT2D eigenvalue weighted by Crippen LogP contribution is 2.40. The van der Waals surface area contributed by atoms with Gasteiger partial charge in [-0.3, -0.25) is 9.98 Å². The molecular weight excluding hydrogens is 196 g/mol. The van der Waals surface area contributed by atoms with Gasteiger partial charge in [0.2, 0.25) is 0 Å². The lowest BCUT2D eigenvalue weighted by Gasteiger charge is -2.35. The summed E-state index contributed by atoms with van der Waals surface area (Å²) < 4.78 is 0.